The Bertz CT molecular complexity index is 828. The van der Waals surface area contributed by atoms with Crippen LogP contribution in [0.15, 0.2) is 59.7 Å². The molecule has 0 saturated heterocycles. The first-order chi connectivity index (χ1) is 13.1. The fraction of sp³-hybridized carbons (Fsp3) is 0.318. The first-order valence-corrected chi connectivity index (χ1v) is 9.34. The van der Waals surface area contributed by atoms with E-state index in [4.69, 9.17) is 5.11 Å². The van der Waals surface area contributed by atoms with E-state index in [1.807, 2.05) is 30.3 Å². The van der Waals surface area contributed by atoms with E-state index in [-0.39, 0.29) is 24.8 Å². The van der Waals surface area contributed by atoms with Crippen molar-refractivity contribution in [2.24, 2.45) is 5.10 Å². The van der Waals surface area contributed by atoms with Crippen LogP contribution < -0.4 is 0 Å². The molecule has 0 spiro atoms. The van der Waals surface area contributed by atoms with Crippen molar-refractivity contribution in [2.75, 3.05) is 0 Å². The van der Waals surface area contributed by atoms with Crippen molar-refractivity contribution in [3.63, 3.8) is 0 Å². The third-order valence-electron chi connectivity index (χ3n) is 4.83. The molecule has 1 atom stereocenters. The number of hydrogen-bond donors (Lipinski definition) is 1. The number of aryl methyl sites for hydroxylation is 1. The first kappa shape index (κ1) is 18.8. The summed E-state index contributed by atoms with van der Waals surface area (Å²) < 4.78 is 0. The highest BCUT2D eigenvalue weighted by atomic mass is 16.4. The van der Waals surface area contributed by atoms with Crippen molar-refractivity contribution in [1.82, 2.24) is 5.01 Å². The van der Waals surface area contributed by atoms with Crippen LogP contribution >= 0.6 is 0 Å². The van der Waals surface area contributed by atoms with Crippen molar-refractivity contribution >= 4 is 17.6 Å². The van der Waals surface area contributed by atoms with Crippen molar-refractivity contribution in [3.05, 3.63) is 71.3 Å². The normalized spacial score (nSPS) is 16.3. The molecule has 1 aliphatic rings. The van der Waals surface area contributed by atoms with E-state index in [0.717, 1.165) is 23.3 Å². The van der Waals surface area contributed by atoms with E-state index in [0.29, 0.717) is 12.8 Å². The number of carboxylic acids is 1. The van der Waals surface area contributed by atoms with E-state index in [1.165, 1.54) is 5.56 Å². The molecule has 2 aromatic rings. The summed E-state index contributed by atoms with van der Waals surface area (Å²) in [7, 11) is 0. The Hall–Kier alpha value is -2.95. The molecule has 1 unspecified atom stereocenters. The molecule has 5 nitrogen and oxygen atoms in total. The van der Waals surface area contributed by atoms with Gasteiger partial charge in [-0.05, 0) is 29.5 Å². The van der Waals surface area contributed by atoms with Gasteiger partial charge in [0.25, 0.3) is 0 Å². The molecule has 1 N–H and O–H groups in total. The van der Waals surface area contributed by atoms with E-state index >= 15 is 0 Å². The van der Waals surface area contributed by atoms with Gasteiger partial charge in [-0.15, -0.1) is 0 Å². The van der Waals surface area contributed by atoms with Crippen LogP contribution in [0.5, 0.6) is 0 Å². The highest BCUT2D eigenvalue weighted by molar-refractivity contribution is 6.03. The highest BCUT2D eigenvalue weighted by Crippen LogP contribution is 2.33. The number of amides is 1. The molecule has 1 amide bonds. The Morgan fingerprint density at radius 2 is 1.78 bits per heavy atom. The van der Waals surface area contributed by atoms with Gasteiger partial charge in [0, 0.05) is 19.3 Å². The fourth-order valence-electron chi connectivity index (χ4n) is 3.29. The number of aliphatic carboxylic acids is 1. The van der Waals surface area contributed by atoms with Gasteiger partial charge in [0.05, 0.1) is 11.8 Å². The molecule has 0 fully saturated rings. The highest BCUT2D eigenvalue weighted by Gasteiger charge is 2.32. The minimum Gasteiger partial charge on any atom is -0.481 e. The molecule has 0 bridgehead atoms. The molecule has 5 heteroatoms. The summed E-state index contributed by atoms with van der Waals surface area (Å²) in [6, 6.07) is 18.0. The predicted octanol–water partition coefficient (Wildman–Crippen LogP) is 4.18. The molecule has 140 valence electrons. The Morgan fingerprint density at radius 1 is 1.07 bits per heavy atom. The molecule has 2 aromatic carbocycles. The maximum absolute atomic E-state index is 12.7. The number of carboxylic acid groups (broad SMARTS) is 1. The zero-order valence-corrected chi connectivity index (χ0v) is 15.5. The monoisotopic (exact) mass is 364 g/mol. The second-order valence-corrected chi connectivity index (χ2v) is 6.71. The minimum absolute atomic E-state index is 0.00929. The zero-order valence-electron chi connectivity index (χ0n) is 15.5. The van der Waals surface area contributed by atoms with Crippen LogP contribution in [-0.4, -0.2) is 27.7 Å². The van der Waals surface area contributed by atoms with Crippen molar-refractivity contribution in [1.29, 1.82) is 0 Å². The van der Waals surface area contributed by atoms with Crippen molar-refractivity contribution in [2.45, 2.75) is 45.1 Å². The molecular weight excluding hydrogens is 340 g/mol. The van der Waals surface area contributed by atoms with E-state index < -0.39 is 5.97 Å². The number of carbonyl (C=O) groups excluding carboxylic acids is 1. The first-order valence-electron chi connectivity index (χ1n) is 9.34. The van der Waals surface area contributed by atoms with Gasteiger partial charge in [-0.25, -0.2) is 5.01 Å². The summed E-state index contributed by atoms with van der Waals surface area (Å²) in [6.45, 7) is 2.12. The van der Waals surface area contributed by atoms with Gasteiger partial charge in [-0.2, -0.15) is 5.10 Å². The van der Waals surface area contributed by atoms with Gasteiger partial charge in [0.1, 0.15) is 0 Å². The third kappa shape index (κ3) is 4.61. The lowest BCUT2D eigenvalue weighted by Crippen LogP contribution is -2.26. The summed E-state index contributed by atoms with van der Waals surface area (Å²) in [5.74, 6) is -1.02. The molecule has 27 heavy (non-hydrogen) atoms. The summed E-state index contributed by atoms with van der Waals surface area (Å²) in [5.41, 5.74) is 4.21. The lowest BCUT2D eigenvalue weighted by Gasteiger charge is -2.22. The zero-order chi connectivity index (χ0) is 19.2. The molecule has 1 heterocycles. The lowest BCUT2D eigenvalue weighted by atomic mass is 9.97. The number of carbonyl (C=O) groups is 2. The van der Waals surface area contributed by atoms with Gasteiger partial charge in [0.2, 0.25) is 5.91 Å². The van der Waals surface area contributed by atoms with Crippen molar-refractivity contribution < 1.29 is 14.7 Å². The molecule has 0 aliphatic carbocycles. The van der Waals surface area contributed by atoms with E-state index in [1.54, 1.807) is 5.01 Å². The molecular formula is C22H24N2O3. The largest absolute Gasteiger partial charge is 0.481 e. The SMILES string of the molecule is CCc1ccc(C2=NN(C(=O)CCCC(=O)O)C(c3ccccc3)C2)cc1. The quantitative estimate of drug-likeness (QED) is 0.801. The van der Waals surface area contributed by atoms with Gasteiger partial charge >= 0.3 is 5.97 Å². The average molecular weight is 364 g/mol. The van der Waals surface area contributed by atoms with Crippen LogP contribution in [-0.2, 0) is 16.0 Å². The maximum Gasteiger partial charge on any atom is 0.303 e. The molecule has 0 aromatic heterocycles. The summed E-state index contributed by atoms with van der Waals surface area (Å²) >= 11 is 0. The summed E-state index contributed by atoms with van der Waals surface area (Å²) in [5, 5.41) is 15.0. The Labute approximate surface area is 159 Å². The average Bonchev–Trinajstić information content (AvgIpc) is 3.14. The van der Waals surface area contributed by atoms with Gasteiger partial charge in [0.15, 0.2) is 0 Å². The van der Waals surface area contributed by atoms with Gasteiger partial charge in [-0.3, -0.25) is 9.59 Å². The number of nitrogens with zero attached hydrogens (tertiary/aromatic N) is 2. The Kier molecular flexibility index (Phi) is 6.01. The maximum atomic E-state index is 12.7. The smallest absolute Gasteiger partial charge is 0.303 e. The number of rotatable bonds is 7. The fourth-order valence-corrected chi connectivity index (χ4v) is 3.29. The van der Waals surface area contributed by atoms with Crippen LogP contribution in [0.25, 0.3) is 0 Å². The molecule has 0 saturated carbocycles. The molecule has 0 radical (unpaired) electrons. The molecule has 3 rings (SSSR count). The van der Waals surface area contributed by atoms with Gasteiger partial charge < -0.3 is 5.11 Å². The van der Waals surface area contributed by atoms with Crippen LogP contribution in [0, 0.1) is 0 Å². The second-order valence-electron chi connectivity index (χ2n) is 6.71. The Morgan fingerprint density at radius 3 is 2.41 bits per heavy atom. The lowest BCUT2D eigenvalue weighted by molar-refractivity contribution is -0.137. The van der Waals surface area contributed by atoms with Gasteiger partial charge in [-0.1, -0.05) is 61.5 Å². The minimum atomic E-state index is -0.885. The number of benzene rings is 2. The predicted molar refractivity (Wildman–Crippen MR) is 104 cm³/mol. The standard InChI is InChI=1S/C22H24N2O3/c1-2-16-11-13-17(14-12-16)19-15-20(18-7-4-3-5-8-18)24(23-19)21(25)9-6-10-22(26)27/h3-5,7-8,11-14,20H,2,6,9-10,15H2,1H3,(H,26,27). The van der Waals surface area contributed by atoms with Crippen LogP contribution in [0.4, 0.5) is 0 Å². The summed E-state index contributed by atoms with van der Waals surface area (Å²) in [6.07, 6.45) is 2.13. The third-order valence-corrected chi connectivity index (χ3v) is 4.83. The van der Waals surface area contributed by atoms with Crippen molar-refractivity contribution in [3.8, 4) is 0 Å². The topological polar surface area (TPSA) is 70.0 Å². The van der Waals surface area contributed by atoms with E-state index in [2.05, 4.69) is 36.3 Å². The van der Waals surface area contributed by atoms with E-state index in [9.17, 15) is 9.59 Å². The number of hydrogen-bond acceptors (Lipinski definition) is 3. The number of hydrazone groups is 1. The van der Waals surface area contributed by atoms with Crippen LogP contribution in [0.3, 0.4) is 0 Å². The Balaban J connectivity index is 1.83. The van der Waals surface area contributed by atoms with Crippen LogP contribution in [0.1, 0.15) is 55.3 Å². The second kappa shape index (κ2) is 8.62. The molecule has 1 aliphatic heterocycles. The van der Waals surface area contributed by atoms with Crippen LogP contribution in [0.2, 0.25) is 0 Å². The summed E-state index contributed by atoms with van der Waals surface area (Å²) in [4.78, 5) is 23.4.